The van der Waals surface area contributed by atoms with E-state index in [4.69, 9.17) is 5.73 Å². The number of hydrogen-bond acceptors (Lipinski definition) is 2. The van der Waals surface area contributed by atoms with Crippen molar-refractivity contribution in [2.45, 2.75) is 52.4 Å². The van der Waals surface area contributed by atoms with E-state index in [-0.39, 0.29) is 24.0 Å². The molecule has 0 aliphatic carbocycles. The Morgan fingerprint density at radius 2 is 1.71 bits per heavy atom. The number of aryl methyl sites for hydroxylation is 2. The van der Waals surface area contributed by atoms with Gasteiger partial charge in [-0.25, -0.2) is 0 Å². The fourth-order valence-corrected chi connectivity index (χ4v) is 3.24. The number of guanidine groups is 1. The van der Waals surface area contributed by atoms with Gasteiger partial charge in [0.1, 0.15) is 0 Å². The van der Waals surface area contributed by atoms with Gasteiger partial charge in [-0.2, -0.15) is 0 Å². The van der Waals surface area contributed by atoms with Crippen LogP contribution in [-0.2, 0) is 0 Å². The Morgan fingerprint density at radius 1 is 1.04 bits per heavy atom. The van der Waals surface area contributed by atoms with Gasteiger partial charge in [0.05, 0.1) is 0 Å². The number of anilines is 1. The maximum atomic E-state index is 5.97. The number of piperidine rings is 1. The highest BCUT2D eigenvalue weighted by Gasteiger charge is 2.08. The van der Waals surface area contributed by atoms with E-state index in [1.807, 2.05) is 0 Å². The normalized spacial score (nSPS) is 15.8. The van der Waals surface area contributed by atoms with Gasteiger partial charge in [0.25, 0.3) is 0 Å². The number of likely N-dealkylation sites (tertiary alicyclic amines) is 1. The molecule has 1 heterocycles. The molecule has 5 heteroatoms. The molecular weight excluding hydrogens is 411 g/mol. The highest BCUT2D eigenvalue weighted by molar-refractivity contribution is 14.0. The fourth-order valence-electron chi connectivity index (χ4n) is 3.24. The number of nitrogens with zero attached hydrogens (tertiary/aromatic N) is 2. The van der Waals surface area contributed by atoms with Crippen LogP contribution in [-0.4, -0.2) is 37.0 Å². The van der Waals surface area contributed by atoms with Gasteiger partial charge in [0, 0.05) is 12.2 Å². The molecule has 0 saturated carbocycles. The van der Waals surface area contributed by atoms with Gasteiger partial charge < -0.3 is 16.0 Å². The van der Waals surface area contributed by atoms with E-state index in [0.29, 0.717) is 5.96 Å². The molecule has 0 bridgehead atoms. The molecule has 4 nitrogen and oxygen atoms in total. The first-order valence-corrected chi connectivity index (χ1v) is 9.01. The van der Waals surface area contributed by atoms with Gasteiger partial charge in [-0.3, -0.25) is 4.99 Å². The van der Waals surface area contributed by atoms with Crippen LogP contribution in [0.15, 0.2) is 23.2 Å². The summed E-state index contributed by atoms with van der Waals surface area (Å²) >= 11 is 0. The van der Waals surface area contributed by atoms with Crippen molar-refractivity contribution in [3.8, 4) is 0 Å². The molecule has 1 aliphatic heterocycles. The molecule has 0 amide bonds. The highest BCUT2D eigenvalue weighted by Crippen LogP contribution is 2.13. The van der Waals surface area contributed by atoms with Gasteiger partial charge in [0.15, 0.2) is 5.96 Å². The summed E-state index contributed by atoms with van der Waals surface area (Å²) in [6.45, 7) is 8.83. The van der Waals surface area contributed by atoms with Crippen LogP contribution in [0.5, 0.6) is 0 Å². The van der Waals surface area contributed by atoms with Crippen LogP contribution >= 0.6 is 24.0 Å². The first-order valence-electron chi connectivity index (χ1n) is 9.01. The number of hydrogen-bond donors (Lipinski definition) is 2. The lowest BCUT2D eigenvalue weighted by Crippen LogP contribution is -2.30. The summed E-state index contributed by atoms with van der Waals surface area (Å²) in [7, 11) is 0. The molecule has 136 valence electrons. The minimum atomic E-state index is 0. The molecular formula is C19H33IN4. The molecule has 3 N–H and O–H groups in total. The highest BCUT2D eigenvalue weighted by atomic mass is 127. The van der Waals surface area contributed by atoms with E-state index in [0.717, 1.165) is 18.7 Å². The summed E-state index contributed by atoms with van der Waals surface area (Å²) in [5.41, 5.74) is 9.46. The van der Waals surface area contributed by atoms with Crippen LogP contribution in [0, 0.1) is 13.8 Å². The summed E-state index contributed by atoms with van der Waals surface area (Å²) in [4.78, 5) is 7.03. The van der Waals surface area contributed by atoms with Gasteiger partial charge in [-0.15, -0.1) is 24.0 Å². The number of halogens is 1. The van der Waals surface area contributed by atoms with Gasteiger partial charge in [-0.05, 0) is 82.4 Å². The van der Waals surface area contributed by atoms with E-state index in [1.165, 1.54) is 62.9 Å². The molecule has 0 radical (unpaired) electrons. The number of nitrogens with two attached hydrogens (primary N) is 1. The molecule has 1 aromatic carbocycles. The van der Waals surface area contributed by atoms with Crippen LogP contribution < -0.4 is 11.1 Å². The SMILES string of the molecule is Cc1cc(C)cc(NC(N)=NCCCCCN2CCCCC2)c1.I. The summed E-state index contributed by atoms with van der Waals surface area (Å²) in [5, 5.41) is 3.19. The van der Waals surface area contributed by atoms with E-state index >= 15 is 0 Å². The fraction of sp³-hybridized carbons (Fsp3) is 0.632. The van der Waals surface area contributed by atoms with Crippen molar-refractivity contribution in [2.75, 3.05) is 31.5 Å². The Bertz CT molecular complexity index is 490. The maximum absolute atomic E-state index is 5.97. The number of nitrogens with one attached hydrogen (secondary N) is 1. The Labute approximate surface area is 164 Å². The van der Waals surface area contributed by atoms with Crippen LogP contribution in [0.25, 0.3) is 0 Å². The third-order valence-corrected chi connectivity index (χ3v) is 4.36. The lowest BCUT2D eigenvalue weighted by atomic mass is 10.1. The summed E-state index contributed by atoms with van der Waals surface area (Å²) in [5.74, 6) is 0.519. The largest absolute Gasteiger partial charge is 0.370 e. The molecule has 1 aromatic rings. The zero-order valence-electron chi connectivity index (χ0n) is 15.2. The lowest BCUT2D eigenvalue weighted by Gasteiger charge is -2.26. The molecule has 2 rings (SSSR count). The maximum Gasteiger partial charge on any atom is 0.193 e. The molecule has 1 fully saturated rings. The van der Waals surface area contributed by atoms with Crippen LogP contribution in [0.1, 0.15) is 49.7 Å². The second kappa shape index (κ2) is 11.7. The Balaban J connectivity index is 0.00000288. The number of benzene rings is 1. The summed E-state index contributed by atoms with van der Waals surface area (Å²) in [6.07, 6.45) is 7.80. The Hall–Kier alpha value is -0.820. The van der Waals surface area contributed by atoms with E-state index in [2.05, 4.69) is 47.3 Å². The number of unbranched alkanes of at least 4 members (excludes halogenated alkanes) is 2. The predicted molar refractivity (Wildman–Crippen MR) is 116 cm³/mol. The first kappa shape index (κ1) is 21.2. The van der Waals surface area contributed by atoms with Crippen molar-refractivity contribution in [3.05, 3.63) is 29.3 Å². The van der Waals surface area contributed by atoms with Crippen molar-refractivity contribution in [2.24, 2.45) is 10.7 Å². The van der Waals surface area contributed by atoms with Gasteiger partial charge >= 0.3 is 0 Å². The Morgan fingerprint density at radius 3 is 2.38 bits per heavy atom. The quantitative estimate of drug-likeness (QED) is 0.285. The third-order valence-electron chi connectivity index (χ3n) is 4.36. The number of aliphatic imine (C=N–C) groups is 1. The second-order valence-electron chi connectivity index (χ2n) is 6.73. The lowest BCUT2D eigenvalue weighted by molar-refractivity contribution is 0.224. The van der Waals surface area contributed by atoms with Crippen molar-refractivity contribution >= 4 is 35.6 Å². The van der Waals surface area contributed by atoms with Gasteiger partial charge in [-0.1, -0.05) is 18.9 Å². The van der Waals surface area contributed by atoms with E-state index < -0.39 is 0 Å². The predicted octanol–water partition coefficient (Wildman–Crippen LogP) is 4.30. The van der Waals surface area contributed by atoms with E-state index in [9.17, 15) is 0 Å². The van der Waals surface area contributed by atoms with Crippen molar-refractivity contribution < 1.29 is 0 Å². The zero-order valence-corrected chi connectivity index (χ0v) is 17.5. The summed E-state index contributed by atoms with van der Waals surface area (Å²) < 4.78 is 0. The molecule has 0 atom stereocenters. The number of rotatable bonds is 7. The van der Waals surface area contributed by atoms with Crippen LogP contribution in [0.2, 0.25) is 0 Å². The van der Waals surface area contributed by atoms with Gasteiger partial charge in [0.2, 0.25) is 0 Å². The zero-order chi connectivity index (χ0) is 16.5. The topological polar surface area (TPSA) is 53.6 Å². The first-order chi connectivity index (χ1) is 11.1. The third kappa shape index (κ3) is 8.33. The standard InChI is InChI=1S/C19H32N4.HI/c1-16-13-17(2)15-18(14-16)22-19(20)21-9-5-3-6-10-23-11-7-4-8-12-23;/h13-15H,3-12H2,1-2H3,(H3,20,21,22);1H. The molecule has 0 spiro atoms. The molecule has 1 aliphatic rings. The smallest absolute Gasteiger partial charge is 0.193 e. The second-order valence-corrected chi connectivity index (χ2v) is 6.73. The van der Waals surface area contributed by atoms with Crippen LogP contribution in [0.3, 0.4) is 0 Å². The molecule has 0 unspecified atom stereocenters. The van der Waals surface area contributed by atoms with Crippen molar-refractivity contribution in [3.63, 3.8) is 0 Å². The van der Waals surface area contributed by atoms with Crippen molar-refractivity contribution in [1.82, 2.24) is 4.90 Å². The molecule has 24 heavy (non-hydrogen) atoms. The van der Waals surface area contributed by atoms with E-state index in [1.54, 1.807) is 0 Å². The molecule has 0 aromatic heterocycles. The average molecular weight is 444 g/mol. The average Bonchev–Trinajstić information content (AvgIpc) is 2.50. The minimum Gasteiger partial charge on any atom is -0.370 e. The molecule has 1 saturated heterocycles. The van der Waals surface area contributed by atoms with Crippen molar-refractivity contribution in [1.29, 1.82) is 0 Å². The van der Waals surface area contributed by atoms with Crippen LogP contribution in [0.4, 0.5) is 5.69 Å². The minimum absolute atomic E-state index is 0. The monoisotopic (exact) mass is 444 g/mol. The Kier molecular flexibility index (Phi) is 10.3. The summed E-state index contributed by atoms with van der Waals surface area (Å²) in [6, 6.07) is 6.34.